The Hall–Kier alpha value is -2.37. The first-order valence-electron chi connectivity index (χ1n) is 6.30. The molecule has 3 rings (SSSR count). The van der Waals surface area contributed by atoms with Crippen LogP contribution >= 0.6 is 0 Å². The maximum absolute atomic E-state index is 10.7. The van der Waals surface area contributed by atoms with E-state index in [1.165, 1.54) is 17.7 Å². The zero-order valence-corrected chi connectivity index (χ0v) is 10.6. The number of nitrogens with zero attached hydrogens (tertiary/aromatic N) is 3. The van der Waals surface area contributed by atoms with Crippen molar-refractivity contribution in [2.75, 3.05) is 11.9 Å². The molecule has 0 fully saturated rings. The van der Waals surface area contributed by atoms with E-state index < -0.39 is 4.92 Å². The van der Waals surface area contributed by atoms with Crippen LogP contribution in [-0.2, 0) is 12.8 Å². The Labute approximate surface area is 110 Å². The van der Waals surface area contributed by atoms with Crippen LogP contribution in [0, 0.1) is 10.1 Å². The van der Waals surface area contributed by atoms with Gasteiger partial charge in [0.05, 0.1) is 16.3 Å². The van der Waals surface area contributed by atoms with Gasteiger partial charge in [0.15, 0.2) is 0 Å². The summed E-state index contributed by atoms with van der Waals surface area (Å²) in [6, 6.07) is 6.46. The zero-order valence-electron chi connectivity index (χ0n) is 10.6. The highest BCUT2D eigenvalue weighted by atomic mass is 16.6. The summed E-state index contributed by atoms with van der Waals surface area (Å²) in [5.74, 6) is 1.02. The molecule has 0 radical (unpaired) electrons. The molecule has 6 nitrogen and oxygen atoms in total. The predicted molar refractivity (Wildman–Crippen MR) is 71.8 cm³/mol. The molecule has 0 saturated heterocycles. The van der Waals surface area contributed by atoms with Crippen molar-refractivity contribution in [3.63, 3.8) is 0 Å². The van der Waals surface area contributed by atoms with E-state index in [-0.39, 0.29) is 5.69 Å². The Bertz CT molecular complexity index is 631. The first-order chi connectivity index (χ1) is 9.20. The van der Waals surface area contributed by atoms with Crippen molar-refractivity contribution >= 4 is 11.5 Å². The second-order valence-electron chi connectivity index (χ2n) is 4.49. The monoisotopic (exact) mass is 258 g/mol. The van der Waals surface area contributed by atoms with Crippen LogP contribution in [0.1, 0.15) is 18.2 Å². The SMILES string of the molecule is CCc1nn(-c2ccc([N+](=O)[O-])cc2)c2c1CCN2. The first kappa shape index (κ1) is 11.7. The summed E-state index contributed by atoms with van der Waals surface area (Å²) in [7, 11) is 0. The number of hydrogen-bond acceptors (Lipinski definition) is 4. The Balaban J connectivity index is 2.05. The fraction of sp³-hybridized carbons (Fsp3) is 0.308. The molecule has 2 heterocycles. The topological polar surface area (TPSA) is 73.0 Å². The van der Waals surface area contributed by atoms with Gasteiger partial charge in [-0.05, 0) is 25.0 Å². The Morgan fingerprint density at radius 2 is 2.16 bits per heavy atom. The third-order valence-electron chi connectivity index (χ3n) is 3.37. The van der Waals surface area contributed by atoms with Gasteiger partial charge >= 0.3 is 0 Å². The molecule has 19 heavy (non-hydrogen) atoms. The van der Waals surface area contributed by atoms with Gasteiger partial charge in [-0.25, -0.2) is 4.68 Å². The Morgan fingerprint density at radius 3 is 2.79 bits per heavy atom. The summed E-state index contributed by atoms with van der Waals surface area (Å²) in [6.07, 6.45) is 1.88. The van der Waals surface area contributed by atoms with E-state index >= 15 is 0 Å². The number of hydrogen-bond donors (Lipinski definition) is 1. The van der Waals surface area contributed by atoms with E-state index in [1.54, 1.807) is 12.1 Å². The van der Waals surface area contributed by atoms with Crippen LogP contribution in [0.5, 0.6) is 0 Å². The van der Waals surface area contributed by atoms with Gasteiger partial charge in [0.1, 0.15) is 5.82 Å². The molecule has 2 aromatic rings. The van der Waals surface area contributed by atoms with Crippen molar-refractivity contribution in [3.05, 3.63) is 45.6 Å². The molecular formula is C13H14N4O2. The van der Waals surface area contributed by atoms with Crippen molar-refractivity contribution < 1.29 is 4.92 Å². The summed E-state index contributed by atoms with van der Waals surface area (Å²) in [6.45, 7) is 3.01. The van der Waals surface area contributed by atoms with Crippen molar-refractivity contribution in [3.8, 4) is 5.69 Å². The normalized spacial score (nSPS) is 13.1. The van der Waals surface area contributed by atoms with Gasteiger partial charge in [0.25, 0.3) is 5.69 Å². The van der Waals surface area contributed by atoms with Gasteiger partial charge < -0.3 is 5.32 Å². The summed E-state index contributed by atoms with van der Waals surface area (Å²) in [5, 5.41) is 18.6. The molecule has 0 aliphatic carbocycles. The molecule has 1 aromatic heterocycles. The van der Waals surface area contributed by atoms with Gasteiger partial charge in [-0.15, -0.1) is 0 Å². The van der Waals surface area contributed by atoms with Gasteiger partial charge in [0, 0.05) is 24.2 Å². The van der Waals surface area contributed by atoms with Gasteiger partial charge in [-0.3, -0.25) is 10.1 Å². The number of nitro groups is 1. The summed E-state index contributed by atoms with van der Waals surface area (Å²) in [4.78, 5) is 10.3. The highest BCUT2D eigenvalue weighted by molar-refractivity contribution is 5.57. The Morgan fingerprint density at radius 1 is 1.42 bits per heavy atom. The summed E-state index contributed by atoms with van der Waals surface area (Å²) < 4.78 is 1.84. The zero-order chi connectivity index (χ0) is 13.4. The van der Waals surface area contributed by atoms with E-state index in [0.717, 1.165) is 36.6 Å². The number of rotatable bonds is 3. The average molecular weight is 258 g/mol. The van der Waals surface area contributed by atoms with Gasteiger partial charge in [-0.1, -0.05) is 6.92 Å². The minimum absolute atomic E-state index is 0.0937. The fourth-order valence-corrected chi connectivity index (χ4v) is 2.43. The largest absolute Gasteiger partial charge is 0.369 e. The van der Waals surface area contributed by atoms with Crippen molar-refractivity contribution in [1.82, 2.24) is 9.78 Å². The minimum atomic E-state index is -0.396. The van der Waals surface area contributed by atoms with E-state index in [9.17, 15) is 10.1 Å². The first-order valence-corrected chi connectivity index (χ1v) is 6.30. The molecule has 0 atom stereocenters. The molecule has 0 saturated carbocycles. The van der Waals surface area contributed by atoms with E-state index in [4.69, 9.17) is 0 Å². The van der Waals surface area contributed by atoms with Crippen LogP contribution in [-0.4, -0.2) is 21.2 Å². The third-order valence-corrected chi connectivity index (χ3v) is 3.37. The lowest BCUT2D eigenvalue weighted by atomic mass is 10.2. The maximum atomic E-state index is 10.7. The number of fused-ring (bicyclic) bond motifs is 1. The molecule has 1 aromatic carbocycles. The molecule has 0 bridgehead atoms. The average Bonchev–Trinajstić information content (AvgIpc) is 3.00. The quantitative estimate of drug-likeness (QED) is 0.677. The van der Waals surface area contributed by atoms with Crippen LogP contribution in [0.3, 0.4) is 0 Å². The standard InChI is InChI=1S/C13H14N4O2/c1-2-12-11-7-8-14-13(11)16(15-12)9-3-5-10(6-4-9)17(18)19/h3-6,14H,2,7-8H2,1H3. The van der Waals surface area contributed by atoms with E-state index in [2.05, 4.69) is 17.3 Å². The highest BCUT2D eigenvalue weighted by Crippen LogP contribution is 2.29. The van der Waals surface area contributed by atoms with Crippen LogP contribution < -0.4 is 5.32 Å². The van der Waals surface area contributed by atoms with Crippen molar-refractivity contribution in [1.29, 1.82) is 0 Å². The number of anilines is 1. The third kappa shape index (κ3) is 1.85. The molecule has 0 spiro atoms. The molecular weight excluding hydrogens is 244 g/mol. The van der Waals surface area contributed by atoms with E-state index in [1.807, 2.05) is 4.68 Å². The molecule has 1 aliphatic heterocycles. The Kier molecular flexibility index (Phi) is 2.70. The van der Waals surface area contributed by atoms with Gasteiger partial charge in [-0.2, -0.15) is 5.10 Å². The van der Waals surface area contributed by atoms with Crippen molar-refractivity contribution in [2.45, 2.75) is 19.8 Å². The summed E-state index contributed by atoms with van der Waals surface area (Å²) in [5.41, 5.74) is 3.30. The number of aryl methyl sites for hydroxylation is 1. The van der Waals surface area contributed by atoms with Crippen LogP contribution in [0.4, 0.5) is 11.5 Å². The number of nitro benzene ring substituents is 1. The van der Waals surface area contributed by atoms with E-state index in [0.29, 0.717) is 0 Å². The molecule has 6 heteroatoms. The number of nitrogens with one attached hydrogen (secondary N) is 1. The molecule has 0 unspecified atom stereocenters. The smallest absolute Gasteiger partial charge is 0.269 e. The van der Waals surface area contributed by atoms with Crippen LogP contribution in [0.2, 0.25) is 0 Å². The highest BCUT2D eigenvalue weighted by Gasteiger charge is 2.22. The number of benzene rings is 1. The second-order valence-corrected chi connectivity index (χ2v) is 4.49. The molecule has 1 aliphatic rings. The summed E-state index contributed by atoms with van der Waals surface area (Å²) >= 11 is 0. The minimum Gasteiger partial charge on any atom is -0.369 e. The fourth-order valence-electron chi connectivity index (χ4n) is 2.43. The lowest BCUT2D eigenvalue weighted by Gasteiger charge is -2.05. The van der Waals surface area contributed by atoms with Gasteiger partial charge in [0.2, 0.25) is 0 Å². The molecule has 0 amide bonds. The van der Waals surface area contributed by atoms with Crippen LogP contribution in [0.25, 0.3) is 5.69 Å². The maximum Gasteiger partial charge on any atom is 0.269 e. The number of non-ortho nitro benzene ring substituents is 1. The molecule has 98 valence electrons. The number of aromatic nitrogens is 2. The second kappa shape index (κ2) is 4.38. The molecule has 1 N–H and O–H groups in total. The lowest BCUT2D eigenvalue weighted by molar-refractivity contribution is -0.384. The lowest BCUT2D eigenvalue weighted by Crippen LogP contribution is -2.04. The van der Waals surface area contributed by atoms with Crippen LogP contribution in [0.15, 0.2) is 24.3 Å². The predicted octanol–water partition coefficient (Wildman–Crippen LogP) is 2.31. The van der Waals surface area contributed by atoms with Crippen molar-refractivity contribution in [2.24, 2.45) is 0 Å².